The molecule has 1 aromatic carbocycles. The first kappa shape index (κ1) is 16.1. The topological polar surface area (TPSA) is 95.4 Å². The van der Waals surface area contributed by atoms with Crippen LogP contribution in [-0.2, 0) is 11.3 Å². The van der Waals surface area contributed by atoms with Gasteiger partial charge in [-0.25, -0.2) is 9.97 Å². The van der Waals surface area contributed by atoms with E-state index in [1.807, 2.05) is 29.7 Å². The number of imidazole rings is 1. The Morgan fingerprint density at radius 2 is 2.20 bits per heavy atom. The van der Waals surface area contributed by atoms with Gasteiger partial charge in [0, 0.05) is 6.61 Å². The number of benzene rings is 1. The zero-order valence-electron chi connectivity index (χ0n) is 14.6. The van der Waals surface area contributed by atoms with E-state index in [4.69, 9.17) is 20.2 Å². The van der Waals surface area contributed by atoms with E-state index in [0.717, 1.165) is 22.2 Å². The molecule has 1 aliphatic rings. The second-order valence-electron chi connectivity index (χ2n) is 6.86. The van der Waals surface area contributed by atoms with Crippen molar-refractivity contribution in [2.75, 3.05) is 18.9 Å². The molecule has 1 aliphatic heterocycles. The maximum absolute atomic E-state index is 10.8. The molecule has 0 saturated heterocycles. The fourth-order valence-electron chi connectivity index (χ4n) is 3.44. The first-order valence-corrected chi connectivity index (χ1v) is 8.43. The van der Waals surface area contributed by atoms with E-state index in [0.29, 0.717) is 37.0 Å². The summed E-state index contributed by atoms with van der Waals surface area (Å²) in [5.74, 6) is 1.81. The first-order valence-electron chi connectivity index (χ1n) is 8.43. The molecule has 3 N–H and O–H groups in total. The van der Waals surface area contributed by atoms with Gasteiger partial charge in [-0.2, -0.15) is 0 Å². The van der Waals surface area contributed by atoms with Gasteiger partial charge < -0.3 is 24.9 Å². The number of hydrogen-bond donors (Lipinski definition) is 2. The summed E-state index contributed by atoms with van der Waals surface area (Å²) >= 11 is 0. The molecule has 2 aromatic heterocycles. The lowest BCUT2D eigenvalue weighted by Gasteiger charge is -2.30. The number of anilines is 1. The first-order chi connectivity index (χ1) is 11.9. The molecule has 3 heterocycles. The average Bonchev–Trinajstić information content (AvgIpc) is 2.82. The van der Waals surface area contributed by atoms with E-state index < -0.39 is 5.60 Å². The molecule has 0 unspecified atom stereocenters. The Labute approximate surface area is 145 Å². The van der Waals surface area contributed by atoms with Gasteiger partial charge in [-0.15, -0.1) is 0 Å². The van der Waals surface area contributed by atoms with Gasteiger partial charge in [0.25, 0.3) is 0 Å². The van der Waals surface area contributed by atoms with Crippen LogP contribution in [0.3, 0.4) is 0 Å². The standard InChI is InChI=1S/C18H22N4O3/c1-4-24-9-13-21-15-16-14-10(20-17(15)19)6-5-7-11(14)25-8-12(22(13)16)18(2,3)23/h5-7,12,23H,4,8-9H2,1-3H3,(H2,19,20)/t12-/m0/s1. The predicted octanol–water partition coefficient (Wildman–Crippen LogP) is 2.41. The number of ether oxygens (including phenoxy) is 2. The van der Waals surface area contributed by atoms with Crippen molar-refractivity contribution >= 4 is 27.8 Å². The van der Waals surface area contributed by atoms with E-state index in [1.54, 1.807) is 13.8 Å². The van der Waals surface area contributed by atoms with E-state index in [2.05, 4.69) is 4.98 Å². The Morgan fingerprint density at radius 1 is 1.40 bits per heavy atom. The molecule has 1 atom stereocenters. The summed E-state index contributed by atoms with van der Waals surface area (Å²) in [6.07, 6.45) is 0. The lowest BCUT2D eigenvalue weighted by molar-refractivity contribution is 0.00250. The molecule has 7 heteroatoms. The quantitative estimate of drug-likeness (QED) is 0.756. The molecule has 0 bridgehead atoms. The second-order valence-corrected chi connectivity index (χ2v) is 6.86. The number of aromatic nitrogens is 3. The van der Waals surface area contributed by atoms with Gasteiger partial charge in [0.2, 0.25) is 0 Å². The summed E-state index contributed by atoms with van der Waals surface area (Å²) in [5, 5.41) is 11.6. The van der Waals surface area contributed by atoms with E-state index in [-0.39, 0.29) is 6.04 Å². The Hall–Kier alpha value is -2.38. The molecule has 0 fully saturated rings. The van der Waals surface area contributed by atoms with Crippen LogP contribution in [0, 0.1) is 0 Å². The highest BCUT2D eigenvalue weighted by molar-refractivity contribution is 6.09. The third-order valence-electron chi connectivity index (χ3n) is 4.67. The summed E-state index contributed by atoms with van der Waals surface area (Å²) in [4.78, 5) is 9.17. The zero-order valence-corrected chi connectivity index (χ0v) is 14.6. The molecule has 0 radical (unpaired) electrons. The van der Waals surface area contributed by atoms with Crippen molar-refractivity contribution < 1.29 is 14.6 Å². The Kier molecular flexibility index (Phi) is 3.59. The van der Waals surface area contributed by atoms with Gasteiger partial charge in [-0.3, -0.25) is 0 Å². The molecule has 0 spiro atoms. The Morgan fingerprint density at radius 3 is 2.92 bits per heavy atom. The minimum atomic E-state index is -1.01. The Bertz CT molecular complexity index is 958. The van der Waals surface area contributed by atoms with Crippen LogP contribution in [-0.4, -0.2) is 38.5 Å². The monoisotopic (exact) mass is 342 g/mol. The summed E-state index contributed by atoms with van der Waals surface area (Å²) in [6.45, 7) is 6.71. The third-order valence-corrected chi connectivity index (χ3v) is 4.67. The number of hydrogen-bond acceptors (Lipinski definition) is 6. The molecule has 0 amide bonds. The van der Waals surface area contributed by atoms with Crippen LogP contribution in [0.25, 0.3) is 21.9 Å². The van der Waals surface area contributed by atoms with Crippen molar-refractivity contribution in [3.8, 4) is 5.75 Å². The predicted molar refractivity (Wildman–Crippen MR) is 95.6 cm³/mol. The number of aliphatic hydroxyl groups is 1. The second kappa shape index (κ2) is 5.57. The van der Waals surface area contributed by atoms with Gasteiger partial charge in [-0.05, 0) is 32.9 Å². The van der Waals surface area contributed by atoms with E-state index >= 15 is 0 Å². The number of nitrogens with zero attached hydrogens (tertiary/aromatic N) is 3. The maximum atomic E-state index is 10.8. The van der Waals surface area contributed by atoms with Crippen LogP contribution >= 0.6 is 0 Å². The zero-order chi connectivity index (χ0) is 17.8. The fraction of sp³-hybridized carbons (Fsp3) is 0.444. The summed E-state index contributed by atoms with van der Waals surface area (Å²) in [5.41, 5.74) is 7.39. The van der Waals surface area contributed by atoms with Gasteiger partial charge >= 0.3 is 0 Å². The molecular formula is C18H22N4O3. The number of pyridine rings is 1. The van der Waals surface area contributed by atoms with Crippen molar-refractivity contribution in [1.29, 1.82) is 0 Å². The van der Waals surface area contributed by atoms with Crippen molar-refractivity contribution in [2.24, 2.45) is 0 Å². The van der Waals surface area contributed by atoms with E-state index in [1.165, 1.54) is 0 Å². The maximum Gasteiger partial charge on any atom is 0.152 e. The van der Waals surface area contributed by atoms with Gasteiger partial charge in [0.05, 0.1) is 28.1 Å². The van der Waals surface area contributed by atoms with E-state index in [9.17, 15) is 5.11 Å². The summed E-state index contributed by atoms with van der Waals surface area (Å²) in [6, 6.07) is 5.38. The van der Waals surface area contributed by atoms with Crippen LogP contribution < -0.4 is 10.5 Å². The highest BCUT2D eigenvalue weighted by Crippen LogP contribution is 2.41. The highest BCUT2D eigenvalue weighted by atomic mass is 16.5. The van der Waals surface area contributed by atoms with Crippen LogP contribution in [0.4, 0.5) is 5.82 Å². The largest absolute Gasteiger partial charge is 0.491 e. The Balaban J connectivity index is 2.13. The van der Waals surface area contributed by atoms with Crippen LogP contribution in [0.5, 0.6) is 5.75 Å². The van der Waals surface area contributed by atoms with Crippen LogP contribution in [0.2, 0.25) is 0 Å². The van der Waals surface area contributed by atoms with Crippen molar-refractivity contribution in [2.45, 2.75) is 39.0 Å². The third kappa shape index (κ3) is 2.42. The molecule has 4 rings (SSSR count). The number of nitrogen functional groups attached to an aromatic ring is 1. The molecule has 0 saturated carbocycles. The molecule has 0 aliphatic carbocycles. The van der Waals surface area contributed by atoms with Gasteiger partial charge in [0.15, 0.2) is 5.82 Å². The number of rotatable bonds is 4. The minimum Gasteiger partial charge on any atom is -0.491 e. The van der Waals surface area contributed by atoms with Crippen LogP contribution in [0.15, 0.2) is 18.2 Å². The van der Waals surface area contributed by atoms with Gasteiger partial charge in [-0.1, -0.05) is 6.07 Å². The minimum absolute atomic E-state index is 0.321. The molecular weight excluding hydrogens is 320 g/mol. The molecule has 25 heavy (non-hydrogen) atoms. The molecule has 7 nitrogen and oxygen atoms in total. The van der Waals surface area contributed by atoms with Crippen molar-refractivity contribution in [1.82, 2.24) is 14.5 Å². The SMILES string of the molecule is CCOCc1nc2c(N)nc3cccc4c3c2n1[C@H](C(C)(C)O)CO4. The molecule has 132 valence electrons. The smallest absolute Gasteiger partial charge is 0.152 e. The summed E-state index contributed by atoms with van der Waals surface area (Å²) < 4.78 is 13.6. The lowest BCUT2D eigenvalue weighted by Crippen LogP contribution is -2.37. The van der Waals surface area contributed by atoms with Crippen molar-refractivity contribution in [3.05, 3.63) is 24.0 Å². The highest BCUT2D eigenvalue weighted by Gasteiger charge is 2.36. The normalized spacial score (nSPS) is 17.2. The average molecular weight is 342 g/mol. The van der Waals surface area contributed by atoms with Crippen LogP contribution in [0.1, 0.15) is 32.6 Å². The van der Waals surface area contributed by atoms with Crippen molar-refractivity contribution in [3.63, 3.8) is 0 Å². The van der Waals surface area contributed by atoms with Gasteiger partial charge in [0.1, 0.15) is 30.3 Å². The lowest BCUT2D eigenvalue weighted by atomic mass is 9.99. The summed E-state index contributed by atoms with van der Waals surface area (Å²) in [7, 11) is 0. The fourth-order valence-corrected chi connectivity index (χ4v) is 3.44. The molecule has 3 aromatic rings. The number of nitrogens with two attached hydrogens (primary N) is 1.